The van der Waals surface area contributed by atoms with Crippen LogP contribution in [0.25, 0.3) is 0 Å². The minimum Gasteiger partial charge on any atom is -0.469 e. The SMILES string of the molecule is COC(=O)CC(C)NC(=O)c1sc(NC(=O)c2ccco2)cc1C. The van der Waals surface area contributed by atoms with Crippen molar-refractivity contribution in [2.24, 2.45) is 0 Å². The van der Waals surface area contributed by atoms with Gasteiger partial charge in [-0.1, -0.05) is 0 Å². The van der Waals surface area contributed by atoms with E-state index < -0.39 is 5.97 Å². The zero-order valence-electron chi connectivity index (χ0n) is 13.5. The van der Waals surface area contributed by atoms with Crippen LogP contribution in [-0.2, 0) is 9.53 Å². The highest BCUT2D eigenvalue weighted by atomic mass is 32.1. The second-order valence-electron chi connectivity index (χ2n) is 5.21. The van der Waals surface area contributed by atoms with E-state index in [1.165, 1.54) is 13.4 Å². The van der Waals surface area contributed by atoms with Crippen molar-refractivity contribution < 1.29 is 23.5 Å². The molecule has 0 fully saturated rings. The molecule has 0 aliphatic carbocycles. The highest BCUT2D eigenvalue weighted by molar-refractivity contribution is 7.18. The molecule has 7 nitrogen and oxygen atoms in total. The molecule has 1 unspecified atom stereocenters. The number of hydrogen-bond acceptors (Lipinski definition) is 6. The molecule has 2 heterocycles. The van der Waals surface area contributed by atoms with Gasteiger partial charge >= 0.3 is 5.97 Å². The molecule has 2 aromatic heterocycles. The lowest BCUT2D eigenvalue weighted by Gasteiger charge is -2.12. The van der Waals surface area contributed by atoms with E-state index in [1.807, 2.05) is 0 Å². The summed E-state index contributed by atoms with van der Waals surface area (Å²) >= 11 is 1.16. The number of rotatable bonds is 6. The summed E-state index contributed by atoms with van der Waals surface area (Å²) in [6.07, 6.45) is 1.50. The standard InChI is InChI=1S/C16H18N2O5S/c1-9-7-12(18-15(20)11-5-4-6-23-11)24-14(9)16(21)17-10(2)8-13(19)22-3/h4-7,10H,8H2,1-3H3,(H,17,21)(H,18,20). The van der Waals surface area contributed by atoms with Gasteiger partial charge in [0.15, 0.2) is 5.76 Å². The summed E-state index contributed by atoms with van der Waals surface area (Å²) in [6.45, 7) is 3.50. The van der Waals surface area contributed by atoms with Crippen molar-refractivity contribution in [3.05, 3.63) is 40.7 Å². The van der Waals surface area contributed by atoms with Crippen molar-refractivity contribution >= 4 is 34.1 Å². The van der Waals surface area contributed by atoms with Gasteiger partial charge in [0.1, 0.15) is 0 Å². The van der Waals surface area contributed by atoms with E-state index in [-0.39, 0.29) is 30.0 Å². The maximum absolute atomic E-state index is 12.3. The molecular formula is C16H18N2O5S. The van der Waals surface area contributed by atoms with E-state index in [0.29, 0.717) is 9.88 Å². The lowest BCUT2D eigenvalue weighted by atomic mass is 10.2. The van der Waals surface area contributed by atoms with Crippen molar-refractivity contribution in [3.63, 3.8) is 0 Å². The summed E-state index contributed by atoms with van der Waals surface area (Å²) in [5.41, 5.74) is 0.734. The summed E-state index contributed by atoms with van der Waals surface area (Å²) in [5.74, 6) is -0.879. The minimum atomic E-state index is -0.392. The topological polar surface area (TPSA) is 97.6 Å². The van der Waals surface area contributed by atoms with E-state index in [4.69, 9.17) is 4.42 Å². The van der Waals surface area contributed by atoms with E-state index in [9.17, 15) is 14.4 Å². The Labute approximate surface area is 143 Å². The average Bonchev–Trinajstić information content (AvgIpc) is 3.16. The van der Waals surface area contributed by atoms with Gasteiger partial charge in [-0.05, 0) is 37.6 Å². The van der Waals surface area contributed by atoms with E-state index in [1.54, 1.807) is 32.0 Å². The van der Waals surface area contributed by atoms with E-state index in [2.05, 4.69) is 15.4 Å². The Morgan fingerprint density at radius 1 is 1.33 bits per heavy atom. The molecule has 0 saturated heterocycles. The van der Waals surface area contributed by atoms with Gasteiger partial charge in [0.2, 0.25) is 0 Å². The Morgan fingerprint density at radius 3 is 2.71 bits per heavy atom. The maximum Gasteiger partial charge on any atom is 0.307 e. The van der Waals surface area contributed by atoms with Crippen LogP contribution in [0.2, 0.25) is 0 Å². The third-order valence-electron chi connectivity index (χ3n) is 3.18. The minimum absolute atomic E-state index is 0.0920. The zero-order chi connectivity index (χ0) is 17.7. The van der Waals surface area contributed by atoms with Crippen LogP contribution >= 0.6 is 11.3 Å². The molecule has 0 radical (unpaired) electrons. The quantitative estimate of drug-likeness (QED) is 0.781. The maximum atomic E-state index is 12.3. The van der Waals surface area contributed by atoms with Crippen LogP contribution in [-0.4, -0.2) is 30.9 Å². The number of amides is 2. The molecule has 2 rings (SSSR count). The lowest BCUT2D eigenvalue weighted by Crippen LogP contribution is -2.34. The molecule has 0 aromatic carbocycles. The van der Waals surface area contributed by atoms with Crippen LogP contribution < -0.4 is 10.6 Å². The highest BCUT2D eigenvalue weighted by Gasteiger charge is 2.19. The number of hydrogen-bond donors (Lipinski definition) is 2. The van der Waals surface area contributed by atoms with Crippen LogP contribution in [0.15, 0.2) is 28.9 Å². The van der Waals surface area contributed by atoms with Crippen molar-refractivity contribution in [1.82, 2.24) is 5.32 Å². The molecule has 0 aliphatic heterocycles. The number of thiophene rings is 1. The highest BCUT2D eigenvalue weighted by Crippen LogP contribution is 2.27. The van der Waals surface area contributed by atoms with Gasteiger partial charge in [0, 0.05) is 6.04 Å². The van der Waals surface area contributed by atoms with Gasteiger partial charge in [-0.3, -0.25) is 14.4 Å². The fraction of sp³-hybridized carbons (Fsp3) is 0.312. The third kappa shape index (κ3) is 4.45. The normalized spacial score (nSPS) is 11.6. The molecular weight excluding hydrogens is 332 g/mol. The summed E-state index contributed by atoms with van der Waals surface area (Å²) in [7, 11) is 1.30. The van der Waals surface area contributed by atoms with Crippen molar-refractivity contribution in [2.45, 2.75) is 26.3 Å². The van der Waals surface area contributed by atoms with Gasteiger partial charge in [-0.2, -0.15) is 0 Å². The largest absolute Gasteiger partial charge is 0.469 e. The molecule has 0 spiro atoms. The van der Waals surface area contributed by atoms with Crippen LogP contribution in [0.1, 0.15) is 39.1 Å². The summed E-state index contributed by atoms with van der Waals surface area (Å²) in [6, 6.07) is 4.53. The van der Waals surface area contributed by atoms with Gasteiger partial charge < -0.3 is 19.8 Å². The molecule has 2 aromatic rings. The van der Waals surface area contributed by atoms with Crippen LogP contribution in [0.4, 0.5) is 5.00 Å². The van der Waals surface area contributed by atoms with Crippen LogP contribution in [0.5, 0.6) is 0 Å². The Morgan fingerprint density at radius 2 is 2.08 bits per heavy atom. The summed E-state index contributed by atoms with van der Waals surface area (Å²) < 4.78 is 9.59. The first-order valence-electron chi connectivity index (χ1n) is 7.23. The molecule has 1 atom stereocenters. The van der Waals surface area contributed by atoms with Crippen molar-refractivity contribution in [2.75, 3.05) is 12.4 Å². The number of nitrogens with one attached hydrogen (secondary N) is 2. The Hall–Kier alpha value is -2.61. The third-order valence-corrected chi connectivity index (χ3v) is 4.34. The molecule has 0 saturated carbocycles. The van der Waals surface area contributed by atoms with Crippen molar-refractivity contribution in [1.29, 1.82) is 0 Å². The van der Waals surface area contributed by atoms with E-state index in [0.717, 1.165) is 16.9 Å². The zero-order valence-corrected chi connectivity index (χ0v) is 14.4. The summed E-state index contributed by atoms with van der Waals surface area (Å²) in [4.78, 5) is 35.9. The van der Waals surface area contributed by atoms with Crippen LogP contribution in [0, 0.1) is 6.92 Å². The second kappa shape index (κ2) is 7.78. The lowest BCUT2D eigenvalue weighted by molar-refractivity contribution is -0.141. The van der Waals surface area contributed by atoms with Crippen molar-refractivity contribution in [3.8, 4) is 0 Å². The second-order valence-corrected chi connectivity index (χ2v) is 6.26. The number of esters is 1. The molecule has 128 valence electrons. The van der Waals surface area contributed by atoms with Gasteiger partial charge in [0.05, 0.1) is 29.7 Å². The number of aryl methyl sites for hydroxylation is 1. The smallest absolute Gasteiger partial charge is 0.307 e. The number of anilines is 1. The monoisotopic (exact) mass is 350 g/mol. The average molecular weight is 350 g/mol. The predicted molar refractivity (Wildman–Crippen MR) is 89.3 cm³/mol. The predicted octanol–water partition coefficient (Wildman–Crippen LogP) is 2.58. The fourth-order valence-electron chi connectivity index (χ4n) is 2.02. The molecule has 2 N–H and O–H groups in total. The number of ether oxygens (including phenoxy) is 1. The first-order valence-corrected chi connectivity index (χ1v) is 8.05. The van der Waals surface area contributed by atoms with E-state index >= 15 is 0 Å². The Kier molecular flexibility index (Phi) is 5.75. The number of carbonyl (C=O) groups is 3. The van der Waals surface area contributed by atoms with Crippen LogP contribution in [0.3, 0.4) is 0 Å². The Balaban J connectivity index is 2.01. The molecule has 24 heavy (non-hydrogen) atoms. The molecule has 8 heteroatoms. The van der Waals surface area contributed by atoms with Gasteiger partial charge in [-0.25, -0.2) is 0 Å². The van der Waals surface area contributed by atoms with Gasteiger partial charge in [-0.15, -0.1) is 11.3 Å². The number of furan rings is 1. The number of carbonyl (C=O) groups excluding carboxylic acids is 3. The summed E-state index contributed by atoms with van der Waals surface area (Å²) in [5, 5.41) is 5.96. The fourth-order valence-corrected chi connectivity index (χ4v) is 2.99. The first-order chi connectivity index (χ1) is 11.4. The molecule has 2 amide bonds. The Bertz CT molecular complexity index is 736. The first kappa shape index (κ1) is 17.7. The van der Waals surface area contributed by atoms with Gasteiger partial charge in [0.25, 0.3) is 11.8 Å². The molecule has 0 bridgehead atoms. The number of methoxy groups -OCH3 is 1. The molecule has 0 aliphatic rings.